The molecule has 0 aliphatic heterocycles. The molecule has 5 heteroatoms. The molecule has 0 saturated heterocycles. The highest BCUT2D eigenvalue weighted by Crippen LogP contribution is 2.19. The lowest BCUT2D eigenvalue weighted by Crippen LogP contribution is -2.44. The van der Waals surface area contributed by atoms with E-state index < -0.39 is 0 Å². The summed E-state index contributed by atoms with van der Waals surface area (Å²) in [5.41, 5.74) is 1.41. The molecular formula is C12H21N5. The summed E-state index contributed by atoms with van der Waals surface area (Å²) >= 11 is 0. The van der Waals surface area contributed by atoms with E-state index >= 15 is 0 Å². The minimum absolute atomic E-state index is 0.0188. The van der Waals surface area contributed by atoms with Crippen LogP contribution in [0.2, 0.25) is 0 Å². The van der Waals surface area contributed by atoms with Gasteiger partial charge in [0, 0.05) is 19.1 Å². The molecule has 5 nitrogen and oxygen atoms in total. The van der Waals surface area contributed by atoms with E-state index in [4.69, 9.17) is 5.26 Å². The second-order valence-corrected chi connectivity index (χ2v) is 5.10. The highest BCUT2D eigenvalue weighted by molar-refractivity contribution is 5.55. The van der Waals surface area contributed by atoms with Crippen LogP contribution in [0.1, 0.15) is 25.1 Å². The minimum Gasteiger partial charge on any atom is -0.367 e. The predicted octanol–water partition coefficient (Wildman–Crippen LogP) is 1.35. The van der Waals surface area contributed by atoms with Crippen molar-refractivity contribution in [2.45, 2.75) is 26.3 Å². The summed E-state index contributed by atoms with van der Waals surface area (Å²) in [6, 6.07) is 2.19. The molecule has 0 saturated carbocycles. The Morgan fingerprint density at radius 2 is 2.06 bits per heavy atom. The maximum atomic E-state index is 9.10. The van der Waals surface area contributed by atoms with Gasteiger partial charge in [-0.1, -0.05) is 0 Å². The smallest absolute Gasteiger partial charge is 0.142 e. The van der Waals surface area contributed by atoms with Crippen LogP contribution in [0.5, 0.6) is 0 Å². The summed E-state index contributed by atoms with van der Waals surface area (Å²) in [5, 5.41) is 16.7. The molecule has 0 bridgehead atoms. The molecule has 0 aliphatic carbocycles. The molecule has 17 heavy (non-hydrogen) atoms. The fourth-order valence-electron chi connectivity index (χ4n) is 1.45. The first-order chi connectivity index (χ1) is 7.79. The molecule has 1 aromatic heterocycles. The van der Waals surface area contributed by atoms with Crippen molar-refractivity contribution >= 4 is 5.82 Å². The Balaban J connectivity index is 2.87. The first kappa shape index (κ1) is 13.5. The van der Waals surface area contributed by atoms with Crippen molar-refractivity contribution in [3.63, 3.8) is 0 Å². The largest absolute Gasteiger partial charge is 0.367 e. The number of nitrogens with one attached hydrogen (secondary N) is 1. The zero-order valence-electron chi connectivity index (χ0n) is 11.5. The summed E-state index contributed by atoms with van der Waals surface area (Å²) in [5.74, 6) is 0.792. The average molecular weight is 235 g/mol. The Hall–Kier alpha value is -1.54. The zero-order valence-corrected chi connectivity index (χ0v) is 11.5. The lowest BCUT2D eigenvalue weighted by Gasteiger charge is -2.33. The molecule has 94 valence electrons. The van der Waals surface area contributed by atoms with Crippen LogP contribution in [0, 0.1) is 18.3 Å². The van der Waals surface area contributed by atoms with Crippen LogP contribution in [-0.4, -0.2) is 40.9 Å². The molecule has 0 radical (unpaired) electrons. The lowest BCUT2D eigenvalue weighted by molar-refractivity contribution is 0.209. The van der Waals surface area contributed by atoms with Gasteiger partial charge in [-0.25, -0.2) is 0 Å². The van der Waals surface area contributed by atoms with Gasteiger partial charge in [0.05, 0.1) is 5.69 Å². The number of rotatable bonds is 4. The van der Waals surface area contributed by atoms with Crippen LogP contribution < -0.4 is 5.32 Å². The van der Waals surface area contributed by atoms with E-state index in [0.29, 0.717) is 5.56 Å². The van der Waals surface area contributed by atoms with Gasteiger partial charge in [0.15, 0.2) is 0 Å². The summed E-state index contributed by atoms with van der Waals surface area (Å²) in [7, 11) is 5.93. The molecule has 1 rings (SSSR count). The second-order valence-electron chi connectivity index (χ2n) is 5.10. The molecule has 1 heterocycles. The molecule has 0 fully saturated rings. The molecule has 0 unspecified atom stereocenters. The van der Waals surface area contributed by atoms with Crippen LogP contribution in [-0.2, 0) is 7.05 Å². The topological polar surface area (TPSA) is 56.9 Å². The fraction of sp³-hybridized carbons (Fsp3) is 0.667. The van der Waals surface area contributed by atoms with Crippen molar-refractivity contribution in [2.75, 3.05) is 26.0 Å². The summed E-state index contributed by atoms with van der Waals surface area (Å²) in [6.45, 7) is 6.90. The van der Waals surface area contributed by atoms with Crippen molar-refractivity contribution in [2.24, 2.45) is 7.05 Å². The van der Waals surface area contributed by atoms with E-state index in [1.165, 1.54) is 0 Å². The lowest BCUT2D eigenvalue weighted by atomic mass is 10.0. The van der Waals surface area contributed by atoms with Gasteiger partial charge in [-0.05, 0) is 34.9 Å². The van der Waals surface area contributed by atoms with Crippen LogP contribution >= 0.6 is 0 Å². The molecular weight excluding hydrogens is 214 g/mol. The van der Waals surface area contributed by atoms with Gasteiger partial charge in [0.2, 0.25) is 0 Å². The number of hydrogen-bond acceptors (Lipinski definition) is 4. The van der Waals surface area contributed by atoms with Crippen molar-refractivity contribution in [1.82, 2.24) is 14.7 Å². The molecule has 0 amide bonds. The minimum atomic E-state index is 0.0188. The maximum Gasteiger partial charge on any atom is 0.142 e. The number of aromatic nitrogens is 2. The van der Waals surface area contributed by atoms with Crippen molar-refractivity contribution in [3.8, 4) is 6.07 Å². The molecule has 1 N–H and O–H groups in total. The Morgan fingerprint density at radius 3 is 2.53 bits per heavy atom. The van der Waals surface area contributed by atoms with Crippen LogP contribution in [0.4, 0.5) is 5.82 Å². The number of hydrogen-bond donors (Lipinski definition) is 1. The quantitative estimate of drug-likeness (QED) is 0.856. The van der Waals surface area contributed by atoms with Crippen LogP contribution in [0.15, 0.2) is 0 Å². The van der Waals surface area contributed by atoms with Gasteiger partial charge in [0.25, 0.3) is 0 Å². The Labute approximate surface area is 103 Å². The van der Waals surface area contributed by atoms with Crippen LogP contribution in [0.25, 0.3) is 0 Å². The highest BCUT2D eigenvalue weighted by atomic mass is 15.3. The van der Waals surface area contributed by atoms with E-state index in [1.807, 2.05) is 28.1 Å². The van der Waals surface area contributed by atoms with E-state index in [9.17, 15) is 0 Å². The first-order valence-electron chi connectivity index (χ1n) is 5.64. The van der Waals surface area contributed by atoms with E-state index in [0.717, 1.165) is 18.1 Å². The first-order valence-corrected chi connectivity index (χ1v) is 5.64. The number of anilines is 1. The summed E-state index contributed by atoms with van der Waals surface area (Å²) in [6.07, 6.45) is 0. The number of aryl methyl sites for hydroxylation is 2. The SMILES string of the molecule is Cc1nn(C)c(NCC(C)(C)N(C)C)c1C#N. The van der Waals surface area contributed by atoms with Crippen LogP contribution in [0.3, 0.4) is 0 Å². The Bertz CT molecular complexity index is 436. The molecule has 0 aliphatic rings. The molecule has 1 aromatic rings. The Kier molecular flexibility index (Phi) is 3.79. The summed E-state index contributed by atoms with van der Waals surface area (Å²) in [4.78, 5) is 2.15. The summed E-state index contributed by atoms with van der Waals surface area (Å²) < 4.78 is 1.72. The average Bonchev–Trinajstić information content (AvgIpc) is 2.49. The van der Waals surface area contributed by atoms with Gasteiger partial charge < -0.3 is 10.2 Å². The molecule has 0 atom stereocenters. The van der Waals surface area contributed by atoms with Gasteiger partial charge in [-0.3, -0.25) is 4.68 Å². The number of likely N-dealkylation sites (N-methyl/N-ethyl adjacent to an activating group) is 1. The third kappa shape index (κ3) is 2.77. The standard InChI is InChI=1S/C12H21N5/c1-9-10(7-13)11(17(6)15-9)14-8-12(2,3)16(4)5/h14H,8H2,1-6H3. The predicted molar refractivity (Wildman–Crippen MR) is 68.9 cm³/mol. The molecule has 0 spiro atoms. The number of nitrogens with zero attached hydrogens (tertiary/aromatic N) is 4. The van der Waals surface area contributed by atoms with Crippen molar-refractivity contribution < 1.29 is 0 Å². The second kappa shape index (κ2) is 4.76. The third-order valence-electron chi connectivity index (χ3n) is 3.23. The van der Waals surface area contributed by atoms with Crippen molar-refractivity contribution in [3.05, 3.63) is 11.3 Å². The maximum absolute atomic E-state index is 9.10. The van der Waals surface area contributed by atoms with E-state index in [2.05, 4.69) is 35.2 Å². The van der Waals surface area contributed by atoms with Gasteiger partial charge in [-0.2, -0.15) is 10.4 Å². The highest BCUT2D eigenvalue weighted by Gasteiger charge is 2.22. The van der Waals surface area contributed by atoms with Gasteiger partial charge >= 0.3 is 0 Å². The molecule has 0 aromatic carbocycles. The monoisotopic (exact) mass is 235 g/mol. The number of nitriles is 1. The fourth-order valence-corrected chi connectivity index (χ4v) is 1.45. The van der Waals surface area contributed by atoms with Gasteiger partial charge in [0.1, 0.15) is 17.5 Å². The van der Waals surface area contributed by atoms with Crippen molar-refractivity contribution in [1.29, 1.82) is 5.26 Å². The zero-order chi connectivity index (χ0) is 13.2. The van der Waals surface area contributed by atoms with Gasteiger partial charge in [-0.15, -0.1) is 0 Å². The van der Waals surface area contributed by atoms with E-state index in [-0.39, 0.29) is 5.54 Å². The van der Waals surface area contributed by atoms with E-state index in [1.54, 1.807) is 4.68 Å². The third-order valence-corrected chi connectivity index (χ3v) is 3.23. The normalized spacial score (nSPS) is 11.6. The Morgan fingerprint density at radius 1 is 1.47 bits per heavy atom.